The standard InChI is InChI=1S/C14H20N4O2S2/c1-4-11-7-10-14(21-11)22(19,20)17-12-8-9-13(16-15-12)18(5-2)6-3/h7-10H,4-6H2,1-3H3,(H,15,17). The summed E-state index contributed by atoms with van der Waals surface area (Å²) in [5.41, 5.74) is 0. The Balaban J connectivity index is 2.16. The Morgan fingerprint density at radius 1 is 1.09 bits per heavy atom. The number of rotatable bonds is 7. The molecule has 0 saturated carbocycles. The van der Waals surface area contributed by atoms with Crippen LogP contribution in [0, 0.1) is 0 Å². The first-order valence-electron chi connectivity index (χ1n) is 7.20. The van der Waals surface area contributed by atoms with Crippen LogP contribution in [0.2, 0.25) is 0 Å². The zero-order valence-corrected chi connectivity index (χ0v) is 14.5. The molecule has 2 rings (SSSR count). The van der Waals surface area contributed by atoms with Crippen LogP contribution in [0.4, 0.5) is 11.6 Å². The Hall–Kier alpha value is -1.67. The Morgan fingerprint density at radius 3 is 2.32 bits per heavy atom. The van der Waals surface area contributed by atoms with E-state index in [0.717, 1.165) is 30.2 Å². The van der Waals surface area contributed by atoms with Crippen molar-refractivity contribution in [2.75, 3.05) is 22.7 Å². The van der Waals surface area contributed by atoms with Crippen LogP contribution < -0.4 is 9.62 Å². The summed E-state index contributed by atoms with van der Waals surface area (Å²) in [5, 5.41) is 8.03. The molecule has 6 nitrogen and oxygen atoms in total. The maximum Gasteiger partial charge on any atom is 0.272 e. The van der Waals surface area contributed by atoms with Gasteiger partial charge >= 0.3 is 0 Å². The number of sulfonamides is 1. The molecule has 0 amide bonds. The van der Waals surface area contributed by atoms with Gasteiger partial charge in [0.1, 0.15) is 4.21 Å². The molecule has 2 aromatic rings. The molecule has 8 heteroatoms. The quantitative estimate of drug-likeness (QED) is 0.839. The van der Waals surface area contributed by atoms with E-state index in [-0.39, 0.29) is 5.82 Å². The fourth-order valence-electron chi connectivity index (χ4n) is 1.98. The van der Waals surface area contributed by atoms with Gasteiger partial charge in [0.15, 0.2) is 11.6 Å². The highest BCUT2D eigenvalue weighted by Gasteiger charge is 2.17. The Labute approximate surface area is 135 Å². The van der Waals surface area contributed by atoms with Gasteiger partial charge in [-0.2, -0.15) is 0 Å². The highest BCUT2D eigenvalue weighted by atomic mass is 32.2. The lowest BCUT2D eigenvalue weighted by Crippen LogP contribution is -2.23. The summed E-state index contributed by atoms with van der Waals surface area (Å²) in [4.78, 5) is 3.07. The first-order chi connectivity index (χ1) is 10.5. The highest BCUT2D eigenvalue weighted by Crippen LogP contribution is 2.24. The molecule has 0 unspecified atom stereocenters. The van der Waals surface area contributed by atoms with Crippen LogP contribution in [-0.2, 0) is 16.4 Å². The molecule has 0 fully saturated rings. The Kier molecular flexibility index (Phi) is 5.36. The number of aryl methyl sites for hydroxylation is 1. The van der Waals surface area contributed by atoms with Gasteiger partial charge in [-0.25, -0.2) is 8.42 Å². The maximum absolute atomic E-state index is 12.3. The van der Waals surface area contributed by atoms with E-state index in [1.165, 1.54) is 11.3 Å². The van der Waals surface area contributed by atoms with Crippen LogP contribution in [0.5, 0.6) is 0 Å². The summed E-state index contributed by atoms with van der Waals surface area (Å²) in [6.07, 6.45) is 0.818. The molecule has 0 spiro atoms. The van der Waals surface area contributed by atoms with Gasteiger partial charge in [-0.3, -0.25) is 4.72 Å². The topological polar surface area (TPSA) is 75.2 Å². The van der Waals surface area contributed by atoms with E-state index in [1.54, 1.807) is 18.2 Å². The number of nitrogens with zero attached hydrogens (tertiary/aromatic N) is 3. The Morgan fingerprint density at radius 2 is 1.82 bits per heavy atom. The molecule has 120 valence electrons. The zero-order chi connectivity index (χ0) is 16.2. The normalized spacial score (nSPS) is 11.4. The summed E-state index contributed by atoms with van der Waals surface area (Å²) in [6.45, 7) is 7.71. The molecule has 0 aromatic carbocycles. The Bertz CT molecular complexity index is 707. The van der Waals surface area contributed by atoms with E-state index in [4.69, 9.17) is 0 Å². The van der Waals surface area contributed by atoms with Crippen LogP contribution >= 0.6 is 11.3 Å². The highest BCUT2D eigenvalue weighted by molar-refractivity contribution is 7.94. The van der Waals surface area contributed by atoms with Crippen molar-refractivity contribution in [1.82, 2.24) is 10.2 Å². The van der Waals surface area contributed by atoms with Crippen molar-refractivity contribution in [3.63, 3.8) is 0 Å². The number of anilines is 2. The minimum Gasteiger partial charge on any atom is -0.356 e. The van der Waals surface area contributed by atoms with E-state index in [9.17, 15) is 8.42 Å². The van der Waals surface area contributed by atoms with Crippen molar-refractivity contribution < 1.29 is 8.42 Å². The molecule has 2 aromatic heterocycles. The van der Waals surface area contributed by atoms with Crippen molar-refractivity contribution in [3.8, 4) is 0 Å². The van der Waals surface area contributed by atoms with Gasteiger partial charge in [0, 0.05) is 18.0 Å². The molecule has 22 heavy (non-hydrogen) atoms. The van der Waals surface area contributed by atoms with Crippen LogP contribution in [0.3, 0.4) is 0 Å². The summed E-state index contributed by atoms with van der Waals surface area (Å²) >= 11 is 1.27. The third-order valence-corrected chi connectivity index (χ3v) is 6.30. The fraction of sp³-hybridized carbons (Fsp3) is 0.429. The minimum absolute atomic E-state index is 0.224. The first-order valence-corrected chi connectivity index (χ1v) is 9.50. The van der Waals surface area contributed by atoms with E-state index in [1.807, 2.05) is 31.7 Å². The number of hydrogen-bond acceptors (Lipinski definition) is 6. The van der Waals surface area contributed by atoms with E-state index < -0.39 is 10.0 Å². The van der Waals surface area contributed by atoms with Crippen molar-refractivity contribution in [2.45, 2.75) is 31.4 Å². The van der Waals surface area contributed by atoms with Crippen molar-refractivity contribution in [2.24, 2.45) is 0 Å². The van der Waals surface area contributed by atoms with Gasteiger partial charge < -0.3 is 4.90 Å². The summed E-state index contributed by atoms with van der Waals surface area (Å²) in [5.74, 6) is 0.958. The number of thiophene rings is 1. The predicted octanol–water partition coefficient (Wildman–Crippen LogP) is 2.75. The molecule has 0 bridgehead atoms. The van der Waals surface area contributed by atoms with Gasteiger partial charge in [-0.15, -0.1) is 21.5 Å². The second-order valence-corrected chi connectivity index (χ2v) is 7.71. The predicted molar refractivity (Wildman–Crippen MR) is 90.1 cm³/mol. The first kappa shape index (κ1) is 16.7. The molecule has 0 radical (unpaired) electrons. The lowest BCUT2D eigenvalue weighted by molar-refractivity contribution is 0.603. The lowest BCUT2D eigenvalue weighted by Gasteiger charge is -2.18. The van der Waals surface area contributed by atoms with Gasteiger partial charge in [0.2, 0.25) is 0 Å². The van der Waals surface area contributed by atoms with Gasteiger partial charge in [0.25, 0.3) is 10.0 Å². The van der Waals surface area contributed by atoms with Crippen molar-refractivity contribution >= 4 is 33.0 Å². The molecule has 0 atom stereocenters. The second kappa shape index (κ2) is 7.06. The van der Waals surface area contributed by atoms with E-state index >= 15 is 0 Å². The average molecular weight is 340 g/mol. The number of nitrogens with one attached hydrogen (secondary N) is 1. The summed E-state index contributed by atoms with van der Waals surface area (Å²) in [7, 11) is -3.59. The maximum atomic E-state index is 12.3. The van der Waals surface area contributed by atoms with Crippen LogP contribution in [0.1, 0.15) is 25.6 Å². The average Bonchev–Trinajstić information content (AvgIpc) is 3.00. The smallest absolute Gasteiger partial charge is 0.272 e. The third kappa shape index (κ3) is 3.75. The summed E-state index contributed by atoms with van der Waals surface area (Å²) < 4.78 is 27.3. The molecule has 0 saturated heterocycles. The summed E-state index contributed by atoms with van der Waals surface area (Å²) in [6, 6.07) is 6.84. The van der Waals surface area contributed by atoms with Crippen molar-refractivity contribution in [3.05, 3.63) is 29.1 Å². The van der Waals surface area contributed by atoms with Crippen LogP contribution in [0.15, 0.2) is 28.5 Å². The molecule has 0 aliphatic heterocycles. The largest absolute Gasteiger partial charge is 0.356 e. The zero-order valence-electron chi connectivity index (χ0n) is 12.9. The van der Waals surface area contributed by atoms with Crippen LogP contribution in [0.25, 0.3) is 0 Å². The van der Waals surface area contributed by atoms with Gasteiger partial charge in [-0.05, 0) is 44.5 Å². The second-order valence-electron chi connectivity index (χ2n) is 4.63. The van der Waals surface area contributed by atoms with Gasteiger partial charge in [-0.1, -0.05) is 6.92 Å². The third-order valence-electron chi connectivity index (χ3n) is 3.23. The molecule has 0 aliphatic carbocycles. The fourth-order valence-corrected chi connectivity index (χ4v) is 4.27. The van der Waals surface area contributed by atoms with E-state index in [0.29, 0.717) is 4.21 Å². The van der Waals surface area contributed by atoms with Gasteiger partial charge in [0.05, 0.1) is 0 Å². The number of hydrogen-bond donors (Lipinski definition) is 1. The molecular formula is C14H20N4O2S2. The minimum atomic E-state index is -3.59. The molecular weight excluding hydrogens is 320 g/mol. The molecule has 1 N–H and O–H groups in total. The van der Waals surface area contributed by atoms with Crippen LogP contribution in [-0.4, -0.2) is 31.7 Å². The van der Waals surface area contributed by atoms with E-state index in [2.05, 4.69) is 14.9 Å². The lowest BCUT2D eigenvalue weighted by atomic mass is 10.4. The van der Waals surface area contributed by atoms with Crippen molar-refractivity contribution in [1.29, 1.82) is 0 Å². The molecule has 0 aliphatic rings. The SMILES string of the molecule is CCc1ccc(S(=O)(=O)Nc2ccc(N(CC)CC)nn2)s1. The monoisotopic (exact) mass is 340 g/mol. The number of aromatic nitrogens is 2. The molecule has 2 heterocycles.